The predicted octanol–water partition coefficient (Wildman–Crippen LogP) is 5.46. The van der Waals surface area contributed by atoms with Crippen molar-refractivity contribution in [1.82, 2.24) is 0 Å². The molecule has 0 aliphatic heterocycles. The van der Waals surface area contributed by atoms with E-state index in [1.54, 1.807) is 36.6 Å². The third kappa shape index (κ3) is 5.80. The Hall–Kier alpha value is -2.97. The SMILES string of the molecule is CCOC(=O)c1c(-c2ccc(C)cc2)csc1NC(=O)COC(=O)c1cccc(Br)c1. The molecule has 0 bridgehead atoms. The summed E-state index contributed by atoms with van der Waals surface area (Å²) < 4.78 is 11.0. The standard InChI is InChI=1S/C23H20BrNO5S/c1-3-29-23(28)20-18(15-9-7-14(2)8-10-15)13-31-21(20)25-19(26)12-30-22(27)16-5-4-6-17(24)11-16/h4-11,13H,3,12H2,1-2H3,(H,25,26). The van der Waals surface area contributed by atoms with Crippen LogP contribution in [0.3, 0.4) is 0 Å². The molecule has 1 aromatic heterocycles. The minimum atomic E-state index is -0.617. The number of benzene rings is 2. The number of aryl methyl sites for hydroxylation is 1. The molecular weight excluding hydrogens is 482 g/mol. The number of carbonyl (C=O) groups excluding carboxylic acids is 3. The molecule has 3 rings (SSSR count). The molecule has 1 N–H and O–H groups in total. The summed E-state index contributed by atoms with van der Waals surface area (Å²) in [6, 6.07) is 14.4. The minimum Gasteiger partial charge on any atom is -0.462 e. The summed E-state index contributed by atoms with van der Waals surface area (Å²) in [4.78, 5) is 37.1. The molecule has 0 spiro atoms. The summed E-state index contributed by atoms with van der Waals surface area (Å²) in [5.41, 5.74) is 3.21. The first-order valence-corrected chi connectivity index (χ1v) is 11.1. The molecule has 6 nitrogen and oxygen atoms in total. The van der Waals surface area contributed by atoms with Gasteiger partial charge in [-0.15, -0.1) is 11.3 Å². The second kappa shape index (κ2) is 10.4. The monoisotopic (exact) mass is 501 g/mol. The van der Waals surface area contributed by atoms with Crippen LogP contribution in [0.2, 0.25) is 0 Å². The van der Waals surface area contributed by atoms with E-state index in [9.17, 15) is 14.4 Å². The maximum absolute atomic E-state index is 12.6. The molecule has 0 radical (unpaired) electrons. The molecule has 0 atom stereocenters. The van der Waals surface area contributed by atoms with Gasteiger partial charge in [-0.3, -0.25) is 4.79 Å². The number of halogens is 1. The van der Waals surface area contributed by atoms with Crippen molar-refractivity contribution in [2.24, 2.45) is 0 Å². The Morgan fingerprint density at radius 1 is 1.03 bits per heavy atom. The number of ether oxygens (including phenoxy) is 2. The largest absolute Gasteiger partial charge is 0.462 e. The Morgan fingerprint density at radius 2 is 1.77 bits per heavy atom. The van der Waals surface area contributed by atoms with Crippen LogP contribution in [0.1, 0.15) is 33.2 Å². The fourth-order valence-corrected chi connectivity index (χ4v) is 4.17. The highest BCUT2D eigenvalue weighted by Crippen LogP contribution is 2.36. The minimum absolute atomic E-state index is 0.208. The zero-order valence-corrected chi connectivity index (χ0v) is 19.3. The lowest BCUT2D eigenvalue weighted by Crippen LogP contribution is -2.21. The van der Waals surface area contributed by atoms with Gasteiger partial charge in [0.05, 0.1) is 12.2 Å². The van der Waals surface area contributed by atoms with Gasteiger partial charge in [-0.2, -0.15) is 0 Å². The van der Waals surface area contributed by atoms with Crippen molar-refractivity contribution in [1.29, 1.82) is 0 Å². The van der Waals surface area contributed by atoms with Gasteiger partial charge >= 0.3 is 11.9 Å². The van der Waals surface area contributed by atoms with Gasteiger partial charge in [-0.25, -0.2) is 9.59 Å². The number of rotatable bonds is 7. The smallest absolute Gasteiger partial charge is 0.341 e. The van der Waals surface area contributed by atoms with Gasteiger partial charge in [0.1, 0.15) is 10.6 Å². The number of amides is 1. The highest BCUT2D eigenvalue weighted by atomic mass is 79.9. The van der Waals surface area contributed by atoms with E-state index in [0.717, 1.165) is 15.6 Å². The maximum Gasteiger partial charge on any atom is 0.341 e. The molecule has 0 aliphatic rings. The van der Waals surface area contributed by atoms with E-state index in [2.05, 4.69) is 21.2 Å². The van der Waals surface area contributed by atoms with Crippen molar-refractivity contribution in [3.05, 3.63) is 75.1 Å². The molecule has 8 heteroatoms. The van der Waals surface area contributed by atoms with Crippen LogP contribution in [0.5, 0.6) is 0 Å². The lowest BCUT2D eigenvalue weighted by atomic mass is 10.0. The predicted molar refractivity (Wildman–Crippen MR) is 124 cm³/mol. The number of nitrogens with one attached hydrogen (secondary N) is 1. The van der Waals surface area contributed by atoms with Gasteiger partial charge in [0.15, 0.2) is 6.61 Å². The van der Waals surface area contributed by atoms with Gasteiger partial charge in [0.2, 0.25) is 0 Å². The van der Waals surface area contributed by atoms with Crippen LogP contribution < -0.4 is 5.32 Å². The van der Waals surface area contributed by atoms with E-state index in [4.69, 9.17) is 9.47 Å². The number of thiophene rings is 1. The van der Waals surface area contributed by atoms with Gasteiger partial charge in [0, 0.05) is 15.4 Å². The van der Waals surface area contributed by atoms with Crippen molar-refractivity contribution in [3.8, 4) is 11.1 Å². The Morgan fingerprint density at radius 3 is 2.45 bits per heavy atom. The first-order chi connectivity index (χ1) is 14.9. The summed E-state index contributed by atoms with van der Waals surface area (Å²) in [7, 11) is 0. The Labute approximate surface area is 192 Å². The van der Waals surface area contributed by atoms with Crippen LogP contribution >= 0.6 is 27.3 Å². The maximum atomic E-state index is 12.6. The number of hydrogen-bond donors (Lipinski definition) is 1. The molecule has 0 unspecified atom stereocenters. The van der Waals surface area contributed by atoms with Crippen LogP contribution in [0.25, 0.3) is 11.1 Å². The van der Waals surface area contributed by atoms with Gasteiger partial charge in [-0.05, 0) is 37.6 Å². The molecule has 0 fully saturated rings. The molecular formula is C23H20BrNO5S. The van der Waals surface area contributed by atoms with E-state index < -0.39 is 24.5 Å². The number of esters is 2. The van der Waals surface area contributed by atoms with Gasteiger partial charge < -0.3 is 14.8 Å². The Balaban J connectivity index is 1.75. The molecule has 0 saturated carbocycles. The van der Waals surface area contributed by atoms with Crippen LogP contribution in [0, 0.1) is 6.92 Å². The molecule has 1 heterocycles. The molecule has 31 heavy (non-hydrogen) atoms. The quantitative estimate of drug-likeness (QED) is 0.434. The fraction of sp³-hybridized carbons (Fsp3) is 0.174. The Kier molecular flexibility index (Phi) is 7.59. The molecule has 1 amide bonds. The molecule has 2 aromatic carbocycles. The van der Waals surface area contributed by atoms with Crippen molar-refractivity contribution in [2.45, 2.75) is 13.8 Å². The third-order valence-corrected chi connectivity index (χ3v) is 5.67. The average Bonchev–Trinajstić information content (AvgIpc) is 3.16. The van der Waals surface area contributed by atoms with E-state index in [0.29, 0.717) is 16.1 Å². The topological polar surface area (TPSA) is 81.7 Å². The number of carbonyl (C=O) groups is 3. The highest BCUT2D eigenvalue weighted by molar-refractivity contribution is 9.10. The second-order valence-electron chi connectivity index (χ2n) is 6.57. The zero-order chi connectivity index (χ0) is 22.4. The van der Waals surface area contributed by atoms with Gasteiger partial charge in [0.25, 0.3) is 5.91 Å². The van der Waals surface area contributed by atoms with E-state index in [1.165, 1.54) is 11.3 Å². The van der Waals surface area contributed by atoms with Crippen molar-refractivity contribution >= 4 is 50.1 Å². The van der Waals surface area contributed by atoms with E-state index in [1.807, 2.05) is 31.2 Å². The summed E-state index contributed by atoms with van der Waals surface area (Å²) in [5.74, 6) is -1.69. The number of hydrogen-bond acceptors (Lipinski definition) is 6. The number of anilines is 1. The van der Waals surface area contributed by atoms with Crippen molar-refractivity contribution < 1.29 is 23.9 Å². The zero-order valence-electron chi connectivity index (χ0n) is 16.9. The van der Waals surface area contributed by atoms with Crippen LogP contribution in [0.4, 0.5) is 5.00 Å². The molecule has 0 saturated heterocycles. The van der Waals surface area contributed by atoms with Gasteiger partial charge in [-0.1, -0.05) is 51.8 Å². The third-order valence-electron chi connectivity index (χ3n) is 4.28. The van der Waals surface area contributed by atoms with Crippen molar-refractivity contribution in [3.63, 3.8) is 0 Å². The van der Waals surface area contributed by atoms with Crippen LogP contribution in [-0.4, -0.2) is 31.1 Å². The molecule has 0 aliphatic carbocycles. The Bertz CT molecular complexity index is 1110. The first-order valence-electron chi connectivity index (χ1n) is 9.47. The highest BCUT2D eigenvalue weighted by Gasteiger charge is 2.23. The fourth-order valence-electron chi connectivity index (χ4n) is 2.79. The van der Waals surface area contributed by atoms with E-state index >= 15 is 0 Å². The van der Waals surface area contributed by atoms with Crippen LogP contribution in [0.15, 0.2) is 58.4 Å². The summed E-state index contributed by atoms with van der Waals surface area (Å²) in [6.45, 7) is 3.42. The molecule has 160 valence electrons. The second-order valence-corrected chi connectivity index (χ2v) is 8.37. The molecule has 3 aromatic rings. The average molecular weight is 502 g/mol. The summed E-state index contributed by atoms with van der Waals surface area (Å²) in [6.07, 6.45) is 0. The lowest BCUT2D eigenvalue weighted by molar-refractivity contribution is -0.119. The van der Waals surface area contributed by atoms with E-state index in [-0.39, 0.29) is 12.2 Å². The normalized spacial score (nSPS) is 10.4. The summed E-state index contributed by atoms with van der Waals surface area (Å²) >= 11 is 4.50. The van der Waals surface area contributed by atoms with Crippen molar-refractivity contribution in [2.75, 3.05) is 18.5 Å². The van der Waals surface area contributed by atoms with Crippen LogP contribution in [-0.2, 0) is 14.3 Å². The first kappa shape index (κ1) is 22.7. The summed E-state index contributed by atoms with van der Waals surface area (Å²) in [5, 5.41) is 4.80. The lowest BCUT2D eigenvalue weighted by Gasteiger charge is -2.09.